The average molecular weight is 269 g/mol. The van der Waals surface area contributed by atoms with Gasteiger partial charge in [0.1, 0.15) is 0 Å². The van der Waals surface area contributed by atoms with E-state index in [1.54, 1.807) is 0 Å². The highest BCUT2D eigenvalue weighted by atomic mass is 35.7. The Bertz CT molecular complexity index is 197. The van der Waals surface area contributed by atoms with Crippen molar-refractivity contribution in [1.82, 2.24) is 0 Å². The van der Waals surface area contributed by atoms with Gasteiger partial charge in [0.25, 0.3) is 6.72 Å². The van der Waals surface area contributed by atoms with Crippen LogP contribution in [0.25, 0.3) is 0 Å². The van der Waals surface area contributed by atoms with Crippen molar-refractivity contribution in [2.75, 3.05) is 12.8 Å². The lowest BCUT2D eigenvalue weighted by molar-refractivity contribution is 0.315. The molecule has 4 heteroatoms. The summed E-state index contributed by atoms with van der Waals surface area (Å²) >= 11 is 5.85. The Labute approximate surface area is 105 Å². The Morgan fingerprint density at radius 1 is 0.938 bits per heavy atom. The molecule has 0 spiro atoms. The molecule has 0 bridgehead atoms. The predicted molar refractivity (Wildman–Crippen MR) is 72.6 cm³/mol. The maximum Gasteiger partial charge on any atom is 0.290 e. The minimum atomic E-state index is -2.81. The van der Waals surface area contributed by atoms with Crippen molar-refractivity contribution in [3.05, 3.63) is 0 Å². The third-order valence-corrected chi connectivity index (χ3v) is 4.78. The summed E-state index contributed by atoms with van der Waals surface area (Å²) in [5.74, 6) is 0. The van der Waals surface area contributed by atoms with Crippen LogP contribution in [0.1, 0.15) is 65.2 Å². The molecule has 0 saturated carbocycles. The molecule has 0 saturated heterocycles. The van der Waals surface area contributed by atoms with E-state index >= 15 is 0 Å². The highest BCUT2D eigenvalue weighted by molar-refractivity contribution is 7.85. The second kappa shape index (κ2) is 10.6. The SMILES string of the molecule is CCCCCCCCP(=O)(Cl)OCCCC. The second-order valence-corrected chi connectivity index (χ2v) is 7.70. The highest BCUT2D eigenvalue weighted by Gasteiger charge is 2.17. The molecule has 0 amide bonds. The van der Waals surface area contributed by atoms with Gasteiger partial charge in [0.15, 0.2) is 0 Å². The number of hydrogen-bond acceptors (Lipinski definition) is 2. The Balaban J connectivity index is 3.39. The van der Waals surface area contributed by atoms with Gasteiger partial charge in [-0.3, -0.25) is 4.57 Å². The topological polar surface area (TPSA) is 26.3 Å². The highest BCUT2D eigenvalue weighted by Crippen LogP contribution is 2.53. The zero-order valence-corrected chi connectivity index (χ0v) is 12.4. The summed E-state index contributed by atoms with van der Waals surface area (Å²) < 4.78 is 16.9. The summed E-state index contributed by atoms with van der Waals surface area (Å²) in [6.07, 6.45) is 9.62. The van der Waals surface area contributed by atoms with Crippen molar-refractivity contribution in [3.8, 4) is 0 Å². The fourth-order valence-electron chi connectivity index (χ4n) is 1.49. The summed E-state index contributed by atoms with van der Waals surface area (Å²) in [7, 11) is 0. The second-order valence-electron chi connectivity index (χ2n) is 4.27. The summed E-state index contributed by atoms with van der Waals surface area (Å²) in [4.78, 5) is 0. The van der Waals surface area contributed by atoms with Crippen LogP contribution in [-0.4, -0.2) is 12.8 Å². The van der Waals surface area contributed by atoms with Gasteiger partial charge in [0.2, 0.25) is 0 Å². The van der Waals surface area contributed by atoms with Crippen LogP contribution in [0.15, 0.2) is 0 Å². The normalized spacial score (nSPS) is 14.9. The quantitative estimate of drug-likeness (QED) is 0.360. The number of unbranched alkanes of at least 4 members (excludes halogenated alkanes) is 6. The molecule has 0 rings (SSSR count). The first-order valence-corrected chi connectivity index (χ1v) is 9.27. The molecule has 0 aromatic carbocycles. The van der Waals surface area contributed by atoms with Gasteiger partial charge in [-0.1, -0.05) is 52.4 Å². The van der Waals surface area contributed by atoms with Crippen LogP contribution in [0.4, 0.5) is 0 Å². The molecule has 0 aliphatic heterocycles. The summed E-state index contributed by atoms with van der Waals surface area (Å²) in [5.41, 5.74) is 0. The molecule has 0 N–H and O–H groups in total. The monoisotopic (exact) mass is 268 g/mol. The fourth-order valence-corrected chi connectivity index (χ4v) is 3.19. The first kappa shape index (κ1) is 16.5. The van der Waals surface area contributed by atoms with Gasteiger partial charge in [-0.15, -0.1) is 0 Å². The lowest BCUT2D eigenvalue weighted by Crippen LogP contribution is -1.93. The smallest absolute Gasteiger partial charge is 0.290 e. The van der Waals surface area contributed by atoms with E-state index in [0.29, 0.717) is 12.8 Å². The third kappa shape index (κ3) is 11.0. The molecule has 0 heterocycles. The summed E-state index contributed by atoms with van der Waals surface area (Å²) in [5, 5.41) is 0. The zero-order valence-electron chi connectivity index (χ0n) is 10.7. The van der Waals surface area contributed by atoms with Crippen molar-refractivity contribution >= 4 is 18.0 Å². The lowest BCUT2D eigenvalue weighted by atomic mass is 10.1. The predicted octanol–water partition coefficient (Wildman–Crippen LogP) is 5.60. The van der Waals surface area contributed by atoms with Crippen LogP contribution in [0.2, 0.25) is 0 Å². The molecule has 0 radical (unpaired) electrons. The maximum atomic E-state index is 11.7. The molecular formula is C12H26ClO2P. The Hall–Kier alpha value is 0.480. The van der Waals surface area contributed by atoms with E-state index in [4.69, 9.17) is 15.8 Å². The lowest BCUT2D eigenvalue weighted by Gasteiger charge is -2.10. The molecular weight excluding hydrogens is 243 g/mol. The first-order valence-electron chi connectivity index (χ1n) is 6.55. The fraction of sp³-hybridized carbons (Fsp3) is 1.00. The van der Waals surface area contributed by atoms with Crippen molar-refractivity contribution in [2.24, 2.45) is 0 Å². The molecule has 98 valence electrons. The van der Waals surface area contributed by atoms with E-state index in [9.17, 15) is 4.57 Å². The molecule has 0 aliphatic rings. The number of rotatable bonds is 11. The van der Waals surface area contributed by atoms with Crippen LogP contribution >= 0.6 is 18.0 Å². The van der Waals surface area contributed by atoms with Gasteiger partial charge >= 0.3 is 0 Å². The van der Waals surface area contributed by atoms with Gasteiger partial charge in [0, 0.05) is 6.16 Å². The standard InChI is InChI=1S/C12H26ClO2P/c1-3-5-7-8-9-10-12-16(13,14)15-11-6-4-2/h3-12H2,1-2H3. The Morgan fingerprint density at radius 2 is 1.50 bits per heavy atom. The van der Waals surface area contributed by atoms with Crippen molar-refractivity contribution < 1.29 is 9.09 Å². The zero-order chi connectivity index (χ0) is 12.3. The molecule has 1 unspecified atom stereocenters. The van der Waals surface area contributed by atoms with Gasteiger partial charge < -0.3 is 4.52 Å². The van der Waals surface area contributed by atoms with E-state index in [-0.39, 0.29) is 0 Å². The molecule has 1 atom stereocenters. The molecule has 0 aliphatic carbocycles. The summed E-state index contributed by atoms with van der Waals surface area (Å²) in [6.45, 7) is 2.01. The van der Waals surface area contributed by atoms with Crippen LogP contribution in [0, 0.1) is 0 Å². The number of hydrogen-bond donors (Lipinski definition) is 0. The van der Waals surface area contributed by atoms with Crippen LogP contribution in [0.3, 0.4) is 0 Å². The van der Waals surface area contributed by atoms with E-state index < -0.39 is 6.72 Å². The minimum Gasteiger partial charge on any atom is -0.318 e. The largest absolute Gasteiger partial charge is 0.318 e. The molecule has 2 nitrogen and oxygen atoms in total. The van der Waals surface area contributed by atoms with Crippen LogP contribution < -0.4 is 0 Å². The van der Waals surface area contributed by atoms with E-state index in [2.05, 4.69) is 13.8 Å². The molecule has 0 aromatic heterocycles. The van der Waals surface area contributed by atoms with E-state index in [1.165, 1.54) is 25.7 Å². The Morgan fingerprint density at radius 3 is 2.12 bits per heavy atom. The maximum absolute atomic E-state index is 11.7. The van der Waals surface area contributed by atoms with Crippen molar-refractivity contribution in [1.29, 1.82) is 0 Å². The van der Waals surface area contributed by atoms with Crippen molar-refractivity contribution in [3.63, 3.8) is 0 Å². The van der Waals surface area contributed by atoms with Gasteiger partial charge in [-0.25, -0.2) is 0 Å². The van der Waals surface area contributed by atoms with Gasteiger partial charge in [-0.05, 0) is 24.1 Å². The summed E-state index contributed by atoms with van der Waals surface area (Å²) in [6, 6.07) is 0. The number of halogens is 1. The van der Waals surface area contributed by atoms with E-state index in [1.807, 2.05) is 0 Å². The van der Waals surface area contributed by atoms with Gasteiger partial charge in [0.05, 0.1) is 6.61 Å². The third-order valence-electron chi connectivity index (χ3n) is 2.56. The van der Waals surface area contributed by atoms with E-state index in [0.717, 1.165) is 25.7 Å². The first-order chi connectivity index (χ1) is 7.62. The molecule has 0 aromatic rings. The molecule has 0 fully saturated rings. The molecule has 16 heavy (non-hydrogen) atoms. The van der Waals surface area contributed by atoms with Gasteiger partial charge in [-0.2, -0.15) is 0 Å². The Kier molecular flexibility index (Phi) is 10.9. The average Bonchev–Trinajstić information content (AvgIpc) is 2.23. The van der Waals surface area contributed by atoms with Crippen LogP contribution in [-0.2, 0) is 9.09 Å². The minimum absolute atomic E-state index is 0.532. The van der Waals surface area contributed by atoms with Crippen LogP contribution in [0.5, 0.6) is 0 Å². The van der Waals surface area contributed by atoms with Crippen molar-refractivity contribution in [2.45, 2.75) is 65.2 Å².